The van der Waals surface area contributed by atoms with Crippen molar-refractivity contribution in [2.75, 3.05) is 13.7 Å². The number of methoxy groups -OCH3 is 1. The standard InChI is InChI=1S/C10H14N2O2/c1-13-10-5-4-8(11-12-10)7-9-3-2-6-14-9/h4-5,9H,2-3,6-7H2,1H3. The molecule has 1 aromatic heterocycles. The van der Waals surface area contributed by atoms with Crippen molar-refractivity contribution in [2.45, 2.75) is 25.4 Å². The second kappa shape index (κ2) is 4.37. The molecule has 2 heterocycles. The van der Waals surface area contributed by atoms with Crippen LogP contribution in [0.15, 0.2) is 12.1 Å². The van der Waals surface area contributed by atoms with Crippen LogP contribution in [-0.4, -0.2) is 30.0 Å². The van der Waals surface area contributed by atoms with E-state index in [2.05, 4.69) is 10.2 Å². The zero-order chi connectivity index (χ0) is 9.80. The highest BCUT2D eigenvalue weighted by atomic mass is 16.5. The quantitative estimate of drug-likeness (QED) is 0.725. The first-order valence-electron chi connectivity index (χ1n) is 4.86. The fourth-order valence-corrected chi connectivity index (χ4v) is 1.60. The zero-order valence-electron chi connectivity index (χ0n) is 8.27. The predicted octanol–water partition coefficient (Wildman–Crippen LogP) is 1.21. The second-order valence-corrected chi connectivity index (χ2v) is 3.41. The molecule has 1 aliphatic rings. The molecule has 0 aliphatic carbocycles. The molecule has 0 spiro atoms. The molecule has 76 valence electrons. The molecule has 1 atom stereocenters. The third-order valence-electron chi connectivity index (χ3n) is 2.37. The van der Waals surface area contributed by atoms with Gasteiger partial charge in [-0.05, 0) is 18.9 Å². The van der Waals surface area contributed by atoms with Gasteiger partial charge in [0.05, 0.1) is 18.9 Å². The predicted molar refractivity (Wildman–Crippen MR) is 51.3 cm³/mol. The van der Waals surface area contributed by atoms with Crippen molar-refractivity contribution in [1.29, 1.82) is 0 Å². The summed E-state index contributed by atoms with van der Waals surface area (Å²) in [5.41, 5.74) is 0.970. The lowest BCUT2D eigenvalue weighted by Gasteiger charge is -2.07. The fourth-order valence-electron chi connectivity index (χ4n) is 1.60. The van der Waals surface area contributed by atoms with E-state index in [1.807, 2.05) is 12.1 Å². The molecule has 0 aromatic carbocycles. The lowest BCUT2D eigenvalue weighted by molar-refractivity contribution is 0.110. The maximum absolute atomic E-state index is 5.51. The first-order chi connectivity index (χ1) is 6.88. The molecule has 2 rings (SSSR count). The molecule has 0 saturated carbocycles. The summed E-state index contributed by atoms with van der Waals surface area (Å²) < 4.78 is 10.4. The largest absolute Gasteiger partial charge is 0.480 e. The molecule has 1 saturated heterocycles. The first kappa shape index (κ1) is 9.40. The SMILES string of the molecule is COc1ccc(CC2CCCO2)nn1. The van der Waals surface area contributed by atoms with E-state index in [0.29, 0.717) is 12.0 Å². The van der Waals surface area contributed by atoms with Crippen LogP contribution in [0.3, 0.4) is 0 Å². The van der Waals surface area contributed by atoms with Crippen molar-refractivity contribution in [3.8, 4) is 5.88 Å². The number of hydrogen-bond acceptors (Lipinski definition) is 4. The van der Waals surface area contributed by atoms with Crippen molar-refractivity contribution in [1.82, 2.24) is 10.2 Å². The van der Waals surface area contributed by atoms with Crippen molar-refractivity contribution < 1.29 is 9.47 Å². The van der Waals surface area contributed by atoms with Crippen LogP contribution >= 0.6 is 0 Å². The molecule has 1 aliphatic heterocycles. The Kier molecular flexibility index (Phi) is 2.93. The maximum atomic E-state index is 5.51. The monoisotopic (exact) mass is 194 g/mol. The van der Waals surface area contributed by atoms with Gasteiger partial charge in [-0.15, -0.1) is 5.10 Å². The van der Waals surface area contributed by atoms with Crippen molar-refractivity contribution in [2.24, 2.45) is 0 Å². The van der Waals surface area contributed by atoms with Crippen LogP contribution in [0.25, 0.3) is 0 Å². The molecule has 1 unspecified atom stereocenters. The van der Waals surface area contributed by atoms with Gasteiger partial charge in [0.15, 0.2) is 0 Å². The highest BCUT2D eigenvalue weighted by molar-refractivity contribution is 5.11. The van der Waals surface area contributed by atoms with E-state index in [1.54, 1.807) is 7.11 Å². The van der Waals surface area contributed by atoms with Gasteiger partial charge in [-0.3, -0.25) is 0 Å². The van der Waals surface area contributed by atoms with Crippen molar-refractivity contribution in [3.05, 3.63) is 17.8 Å². The highest BCUT2D eigenvalue weighted by Crippen LogP contribution is 2.16. The number of rotatable bonds is 3. The van der Waals surface area contributed by atoms with Crippen LogP contribution in [0.1, 0.15) is 18.5 Å². The third-order valence-corrected chi connectivity index (χ3v) is 2.37. The van der Waals surface area contributed by atoms with E-state index in [0.717, 1.165) is 31.6 Å². The molecule has 0 N–H and O–H groups in total. The van der Waals surface area contributed by atoms with Gasteiger partial charge in [-0.1, -0.05) is 0 Å². The lowest BCUT2D eigenvalue weighted by Crippen LogP contribution is -2.10. The maximum Gasteiger partial charge on any atom is 0.233 e. The minimum Gasteiger partial charge on any atom is -0.480 e. The summed E-state index contributed by atoms with van der Waals surface area (Å²) >= 11 is 0. The van der Waals surface area contributed by atoms with Gasteiger partial charge in [0.1, 0.15) is 0 Å². The Hall–Kier alpha value is -1.16. The molecule has 0 amide bonds. The number of nitrogens with zero attached hydrogens (tertiary/aromatic N) is 2. The molecule has 0 radical (unpaired) electrons. The van der Waals surface area contributed by atoms with Gasteiger partial charge in [0.2, 0.25) is 5.88 Å². The van der Waals surface area contributed by atoms with E-state index in [-0.39, 0.29) is 0 Å². The van der Waals surface area contributed by atoms with Crippen LogP contribution in [-0.2, 0) is 11.2 Å². The van der Waals surface area contributed by atoms with Crippen molar-refractivity contribution >= 4 is 0 Å². The Bertz CT molecular complexity index is 281. The summed E-state index contributed by atoms with van der Waals surface area (Å²) in [7, 11) is 1.59. The Morgan fingerprint density at radius 1 is 1.50 bits per heavy atom. The van der Waals surface area contributed by atoms with Crippen LogP contribution in [0.2, 0.25) is 0 Å². The summed E-state index contributed by atoms with van der Waals surface area (Å²) in [5, 5.41) is 7.97. The third kappa shape index (κ3) is 2.20. The van der Waals surface area contributed by atoms with Crippen LogP contribution < -0.4 is 4.74 Å². The van der Waals surface area contributed by atoms with E-state index in [9.17, 15) is 0 Å². The normalized spacial score (nSPS) is 21.1. The Labute approximate surface area is 83.3 Å². The fraction of sp³-hybridized carbons (Fsp3) is 0.600. The second-order valence-electron chi connectivity index (χ2n) is 3.41. The van der Waals surface area contributed by atoms with E-state index >= 15 is 0 Å². The van der Waals surface area contributed by atoms with Gasteiger partial charge in [0.25, 0.3) is 0 Å². The first-order valence-corrected chi connectivity index (χ1v) is 4.86. The number of aromatic nitrogens is 2. The summed E-state index contributed by atoms with van der Waals surface area (Å²) in [6.07, 6.45) is 3.48. The van der Waals surface area contributed by atoms with Crippen LogP contribution in [0.4, 0.5) is 0 Å². The molecule has 1 fully saturated rings. The average molecular weight is 194 g/mol. The summed E-state index contributed by atoms with van der Waals surface area (Å²) in [6, 6.07) is 3.77. The van der Waals surface area contributed by atoms with Crippen LogP contribution in [0, 0.1) is 0 Å². The van der Waals surface area contributed by atoms with Gasteiger partial charge < -0.3 is 9.47 Å². The van der Waals surface area contributed by atoms with E-state index in [1.165, 1.54) is 0 Å². The van der Waals surface area contributed by atoms with Gasteiger partial charge in [-0.25, -0.2) is 0 Å². The molecular weight excluding hydrogens is 180 g/mol. The van der Waals surface area contributed by atoms with E-state index in [4.69, 9.17) is 9.47 Å². The summed E-state index contributed by atoms with van der Waals surface area (Å²) in [4.78, 5) is 0. The molecule has 4 nitrogen and oxygen atoms in total. The van der Waals surface area contributed by atoms with Gasteiger partial charge >= 0.3 is 0 Å². The molecule has 4 heteroatoms. The zero-order valence-corrected chi connectivity index (χ0v) is 8.27. The Morgan fingerprint density at radius 3 is 3.00 bits per heavy atom. The summed E-state index contributed by atoms with van der Waals surface area (Å²) in [5.74, 6) is 0.557. The summed E-state index contributed by atoms with van der Waals surface area (Å²) in [6.45, 7) is 0.883. The minimum absolute atomic E-state index is 0.331. The molecule has 1 aromatic rings. The smallest absolute Gasteiger partial charge is 0.233 e. The minimum atomic E-state index is 0.331. The number of ether oxygens (including phenoxy) is 2. The van der Waals surface area contributed by atoms with Crippen LogP contribution in [0.5, 0.6) is 5.88 Å². The average Bonchev–Trinajstić information content (AvgIpc) is 2.72. The highest BCUT2D eigenvalue weighted by Gasteiger charge is 2.16. The molecular formula is C10H14N2O2. The van der Waals surface area contributed by atoms with Gasteiger partial charge in [0, 0.05) is 19.1 Å². The van der Waals surface area contributed by atoms with E-state index < -0.39 is 0 Å². The Morgan fingerprint density at radius 2 is 2.43 bits per heavy atom. The molecule has 14 heavy (non-hydrogen) atoms. The number of hydrogen-bond donors (Lipinski definition) is 0. The lowest BCUT2D eigenvalue weighted by atomic mass is 10.1. The van der Waals surface area contributed by atoms with Crippen molar-refractivity contribution in [3.63, 3.8) is 0 Å². The Balaban J connectivity index is 1.95. The molecule has 0 bridgehead atoms. The topological polar surface area (TPSA) is 44.2 Å². The van der Waals surface area contributed by atoms with Gasteiger partial charge in [-0.2, -0.15) is 5.10 Å².